The lowest BCUT2D eigenvalue weighted by atomic mass is 10.1. The summed E-state index contributed by atoms with van der Waals surface area (Å²) in [5, 5.41) is 5.34. The van der Waals surface area contributed by atoms with Gasteiger partial charge in [-0.1, -0.05) is 6.07 Å². The lowest BCUT2D eigenvalue weighted by Gasteiger charge is -2.11. The molecule has 1 aromatic carbocycles. The number of nitrogens with one attached hydrogen (secondary N) is 2. The third-order valence-corrected chi connectivity index (χ3v) is 2.37. The van der Waals surface area contributed by atoms with Crippen molar-refractivity contribution in [2.24, 2.45) is 0 Å². The molecule has 106 valence electrons. The van der Waals surface area contributed by atoms with Crippen LogP contribution in [0.5, 0.6) is 5.75 Å². The second-order valence-electron chi connectivity index (χ2n) is 3.98. The van der Waals surface area contributed by atoms with Crippen LogP contribution in [0.15, 0.2) is 30.4 Å². The summed E-state index contributed by atoms with van der Waals surface area (Å²) in [6.07, 6.45) is 2.18. The van der Waals surface area contributed by atoms with E-state index in [0.717, 1.165) is 17.7 Å². The monoisotopic (exact) mass is 276 g/mol. The van der Waals surface area contributed by atoms with Crippen molar-refractivity contribution in [2.45, 2.75) is 6.92 Å². The van der Waals surface area contributed by atoms with Crippen LogP contribution in [0, 0.1) is 6.92 Å². The molecule has 1 rings (SSSR count). The summed E-state index contributed by atoms with van der Waals surface area (Å²) < 4.78 is 10.1. The van der Waals surface area contributed by atoms with Crippen molar-refractivity contribution in [3.63, 3.8) is 0 Å². The molecule has 2 N–H and O–H groups in total. The minimum absolute atomic E-state index is 0.293. The number of esters is 1. The molecule has 7 heteroatoms. The number of amides is 1. The van der Waals surface area contributed by atoms with Crippen molar-refractivity contribution < 1.29 is 19.0 Å². The molecular weight excluding hydrogens is 259 g/mol. The molecule has 1 aromatic rings. The van der Waals surface area contributed by atoms with Gasteiger partial charge >= 0.3 is 13.6 Å². The van der Waals surface area contributed by atoms with Crippen LogP contribution in [0.1, 0.15) is 5.56 Å². The highest BCUT2D eigenvalue weighted by atomic mass is 16.5. The molecule has 0 saturated heterocycles. The zero-order valence-corrected chi connectivity index (χ0v) is 11.7. The van der Waals surface area contributed by atoms with Crippen molar-refractivity contribution in [1.82, 2.24) is 5.32 Å². The standard InChI is InChI=1S/C13H17BN2O4/c1-9-4-5-10(16-14-19-3)11(8-9)20-13(18)7-6-12(17)15-2/h4-8,14,16H,1-3H3,(H,15,17)/b7-6+. The highest BCUT2D eigenvalue weighted by Crippen LogP contribution is 2.25. The van der Waals surface area contributed by atoms with Crippen LogP contribution in [-0.4, -0.2) is 33.7 Å². The Bertz CT molecular complexity index is 517. The van der Waals surface area contributed by atoms with Crippen molar-refractivity contribution in [3.8, 4) is 5.75 Å². The molecule has 0 bridgehead atoms. The summed E-state index contributed by atoms with van der Waals surface area (Å²) in [5.41, 5.74) is 1.59. The lowest BCUT2D eigenvalue weighted by molar-refractivity contribution is -0.129. The third-order valence-electron chi connectivity index (χ3n) is 2.37. The molecule has 6 nitrogen and oxygen atoms in total. The van der Waals surface area contributed by atoms with Crippen LogP contribution in [0.2, 0.25) is 0 Å². The first-order chi connectivity index (χ1) is 9.56. The number of hydrogen-bond donors (Lipinski definition) is 2. The van der Waals surface area contributed by atoms with Gasteiger partial charge in [0, 0.05) is 26.3 Å². The van der Waals surface area contributed by atoms with E-state index in [1.165, 1.54) is 7.05 Å². The predicted molar refractivity (Wildman–Crippen MR) is 77.8 cm³/mol. The van der Waals surface area contributed by atoms with E-state index in [-0.39, 0.29) is 5.91 Å². The zero-order valence-electron chi connectivity index (χ0n) is 11.7. The fourth-order valence-electron chi connectivity index (χ4n) is 1.38. The normalized spacial score (nSPS) is 10.2. The molecule has 0 aliphatic carbocycles. The molecule has 0 spiro atoms. The maximum absolute atomic E-state index is 11.6. The minimum atomic E-state index is -0.625. The van der Waals surface area contributed by atoms with Gasteiger partial charge in [-0.15, -0.1) is 0 Å². The molecule has 0 saturated carbocycles. The third kappa shape index (κ3) is 5.15. The number of likely N-dealkylation sites (N-methyl/N-ethyl adjacent to an activating group) is 1. The highest BCUT2D eigenvalue weighted by Gasteiger charge is 2.08. The van der Waals surface area contributed by atoms with Crippen LogP contribution in [0.25, 0.3) is 0 Å². The van der Waals surface area contributed by atoms with E-state index < -0.39 is 5.97 Å². The van der Waals surface area contributed by atoms with Gasteiger partial charge in [0.05, 0.1) is 5.69 Å². The van der Waals surface area contributed by atoms with Gasteiger partial charge in [0.15, 0.2) is 5.75 Å². The van der Waals surface area contributed by atoms with Crippen molar-refractivity contribution in [1.29, 1.82) is 0 Å². The van der Waals surface area contributed by atoms with Crippen molar-refractivity contribution in [2.75, 3.05) is 19.4 Å². The van der Waals surface area contributed by atoms with Crippen LogP contribution in [0.4, 0.5) is 5.69 Å². The summed E-state index contributed by atoms with van der Waals surface area (Å²) in [6, 6.07) is 5.40. The number of ether oxygens (including phenoxy) is 1. The molecule has 0 radical (unpaired) electrons. The number of carbonyl (C=O) groups is 2. The predicted octanol–water partition coefficient (Wildman–Crippen LogP) is 0.527. The van der Waals surface area contributed by atoms with Gasteiger partial charge in [0.1, 0.15) is 0 Å². The Morgan fingerprint density at radius 3 is 2.70 bits per heavy atom. The average Bonchev–Trinajstić information content (AvgIpc) is 2.44. The highest BCUT2D eigenvalue weighted by molar-refractivity contribution is 6.32. The molecule has 0 aliphatic heterocycles. The molecule has 0 unspecified atom stereocenters. The SMILES string of the molecule is CNC(=O)/C=C/C(=O)Oc1cc(C)ccc1NBOC. The van der Waals surface area contributed by atoms with Gasteiger partial charge in [-0.3, -0.25) is 4.79 Å². The van der Waals surface area contributed by atoms with Gasteiger partial charge < -0.3 is 19.9 Å². The van der Waals surface area contributed by atoms with E-state index in [2.05, 4.69) is 10.5 Å². The molecule has 0 fully saturated rings. The fraction of sp³-hybridized carbons (Fsp3) is 0.231. The fourth-order valence-corrected chi connectivity index (χ4v) is 1.38. The van der Waals surface area contributed by atoms with Gasteiger partial charge in [-0.2, -0.15) is 0 Å². The van der Waals surface area contributed by atoms with Gasteiger partial charge in [0.2, 0.25) is 5.91 Å². The summed E-state index contributed by atoms with van der Waals surface area (Å²) in [4.78, 5) is 22.6. The number of anilines is 1. The Morgan fingerprint density at radius 1 is 1.30 bits per heavy atom. The maximum Gasteiger partial charge on any atom is 0.394 e. The molecule has 0 aliphatic rings. The quantitative estimate of drug-likeness (QED) is 0.343. The Kier molecular flexibility index (Phi) is 6.32. The maximum atomic E-state index is 11.6. The molecule has 20 heavy (non-hydrogen) atoms. The summed E-state index contributed by atoms with van der Waals surface area (Å²) >= 11 is 0. The summed E-state index contributed by atoms with van der Waals surface area (Å²) in [5.74, 6) is -0.614. The van der Waals surface area contributed by atoms with Crippen LogP contribution >= 0.6 is 0 Å². The Balaban J connectivity index is 2.79. The first-order valence-electron chi connectivity index (χ1n) is 6.02. The second-order valence-corrected chi connectivity index (χ2v) is 3.98. The largest absolute Gasteiger partial charge is 0.422 e. The average molecular weight is 276 g/mol. The number of benzene rings is 1. The van der Waals surface area contributed by atoms with E-state index >= 15 is 0 Å². The van der Waals surface area contributed by atoms with Crippen molar-refractivity contribution in [3.05, 3.63) is 35.9 Å². The summed E-state index contributed by atoms with van der Waals surface area (Å²) in [6.45, 7) is 1.89. The lowest BCUT2D eigenvalue weighted by Crippen LogP contribution is -2.16. The first-order valence-corrected chi connectivity index (χ1v) is 6.02. The second kappa shape index (κ2) is 8.01. The molecule has 0 aromatic heterocycles. The van der Waals surface area contributed by atoms with Crippen molar-refractivity contribution >= 4 is 25.2 Å². The van der Waals surface area contributed by atoms with E-state index in [1.807, 2.05) is 13.0 Å². The summed E-state index contributed by atoms with van der Waals surface area (Å²) in [7, 11) is 3.33. The zero-order chi connectivity index (χ0) is 15.0. The smallest absolute Gasteiger partial charge is 0.394 e. The minimum Gasteiger partial charge on any atom is -0.422 e. The Morgan fingerprint density at radius 2 is 2.05 bits per heavy atom. The van der Waals surface area contributed by atoms with Crippen LogP contribution in [0.3, 0.4) is 0 Å². The van der Waals surface area contributed by atoms with Gasteiger partial charge in [0.25, 0.3) is 0 Å². The number of hydrogen-bond acceptors (Lipinski definition) is 5. The Hall–Kier alpha value is -2.28. The van der Waals surface area contributed by atoms with E-state index in [0.29, 0.717) is 19.1 Å². The molecule has 0 atom stereocenters. The Labute approximate surface area is 118 Å². The van der Waals surface area contributed by atoms with Crippen LogP contribution in [-0.2, 0) is 14.2 Å². The number of carbonyl (C=O) groups excluding carboxylic acids is 2. The van der Waals surface area contributed by atoms with E-state index in [1.54, 1.807) is 19.2 Å². The topological polar surface area (TPSA) is 76.7 Å². The number of aryl methyl sites for hydroxylation is 1. The van der Waals surface area contributed by atoms with Gasteiger partial charge in [-0.25, -0.2) is 4.79 Å². The molecular formula is C13H17BN2O4. The van der Waals surface area contributed by atoms with Gasteiger partial charge in [-0.05, 0) is 24.6 Å². The first kappa shape index (κ1) is 15.8. The van der Waals surface area contributed by atoms with E-state index in [4.69, 9.17) is 9.39 Å². The molecule has 0 heterocycles. The van der Waals surface area contributed by atoms with E-state index in [9.17, 15) is 9.59 Å². The number of rotatable bonds is 6. The molecule has 1 amide bonds. The van der Waals surface area contributed by atoms with Crippen LogP contribution < -0.4 is 15.3 Å².